The molecule has 0 heterocycles. The lowest BCUT2D eigenvalue weighted by Crippen LogP contribution is -2.16. The van der Waals surface area contributed by atoms with Gasteiger partial charge in [0.15, 0.2) is 0 Å². The van der Waals surface area contributed by atoms with Crippen molar-refractivity contribution < 1.29 is 9.47 Å². The third-order valence-corrected chi connectivity index (χ3v) is 3.38. The summed E-state index contributed by atoms with van der Waals surface area (Å²) in [5.41, 5.74) is 2.83. The molecule has 0 spiro atoms. The maximum absolute atomic E-state index is 6.00. The van der Waals surface area contributed by atoms with Gasteiger partial charge in [0.25, 0.3) is 0 Å². The van der Waals surface area contributed by atoms with Gasteiger partial charge in [0.2, 0.25) is 0 Å². The minimum atomic E-state index is 0.260. The van der Waals surface area contributed by atoms with Crippen LogP contribution in [0.5, 0.6) is 11.5 Å². The lowest BCUT2D eigenvalue weighted by Gasteiger charge is -2.13. The second-order valence-corrected chi connectivity index (χ2v) is 4.59. The number of hydrogen-bond acceptors (Lipinski definition) is 2. The highest BCUT2D eigenvalue weighted by Gasteiger charge is 2.22. The van der Waals surface area contributed by atoms with E-state index < -0.39 is 0 Å². The van der Waals surface area contributed by atoms with Gasteiger partial charge in [0.1, 0.15) is 17.6 Å². The molecule has 2 aromatic carbocycles. The average Bonchev–Trinajstić information content (AvgIpc) is 2.82. The molecule has 2 heteroatoms. The van der Waals surface area contributed by atoms with Crippen molar-refractivity contribution in [2.45, 2.75) is 18.9 Å². The first-order valence-corrected chi connectivity index (χ1v) is 6.22. The summed E-state index contributed by atoms with van der Waals surface area (Å²) in [5.74, 6) is 1.77. The van der Waals surface area contributed by atoms with Gasteiger partial charge >= 0.3 is 0 Å². The Morgan fingerprint density at radius 2 is 1.39 bits per heavy atom. The molecule has 2 aromatic rings. The summed E-state index contributed by atoms with van der Waals surface area (Å²) >= 11 is 0. The molecule has 0 amide bonds. The van der Waals surface area contributed by atoms with E-state index in [4.69, 9.17) is 9.47 Å². The normalized spacial score (nSPS) is 14.3. The second-order valence-electron chi connectivity index (χ2n) is 4.59. The van der Waals surface area contributed by atoms with E-state index in [2.05, 4.69) is 24.3 Å². The predicted octanol–water partition coefficient (Wildman–Crippen LogP) is 3.24. The van der Waals surface area contributed by atoms with E-state index in [1.165, 1.54) is 11.1 Å². The summed E-state index contributed by atoms with van der Waals surface area (Å²) < 4.78 is 11.1. The Balaban J connectivity index is 1.68. The van der Waals surface area contributed by atoms with Gasteiger partial charge in [-0.1, -0.05) is 24.3 Å². The fourth-order valence-electron chi connectivity index (χ4n) is 2.45. The van der Waals surface area contributed by atoms with Crippen molar-refractivity contribution in [1.29, 1.82) is 0 Å². The molecule has 92 valence electrons. The van der Waals surface area contributed by atoms with E-state index in [0.717, 1.165) is 24.3 Å². The van der Waals surface area contributed by atoms with Gasteiger partial charge in [-0.2, -0.15) is 0 Å². The third kappa shape index (κ3) is 2.19. The first-order chi connectivity index (χ1) is 8.85. The van der Waals surface area contributed by atoms with Gasteiger partial charge in [-0.15, -0.1) is 0 Å². The van der Waals surface area contributed by atoms with Crippen LogP contribution in [0.25, 0.3) is 0 Å². The first kappa shape index (κ1) is 11.1. The number of methoxy groups -OCH3 is 1. The molecule has 0 unspecified atom stereocenters. The molecule has 0 fully saturated rings. The van der Waals surface area contributed by atoms with Crippen LogP contribution in [0.2, 0.25) is 0 Å². The lowest BCUT2D eigenvalue weighted by molar-refractivity contribution is 0.213. The molecule has 1 aliphatic rings. The summed E-state index contributed by atoms with van der Waals surface area (Å²) in [5, 5.41) is 0. The van der Waals surface area contributed by atoms with Crippen LogP contribution < -0.4 is 9.47 Å². The van der Waals surface area contributed by atoms with Crippen LogP contribution in [-0.4, -0.2) is 13.2 Å². The van der Waals surface area contributed by atoms with Gasteiger partial charge in [0, 0.05) is 12.8 Å². The molecule has 0 radical (unpaired) electrons. The molecular formula is C16H16O2. The van der Waals surface area contributed by atoms with Gasteiger partial charge in [0.05, 0.1) is 7.11 Å². The summed E-state index contributed by atoms with van der Waals surface area (Å²) in [6.45, 7) is 0. The molecule has 3 rings (SSSR count). The molecule has 18 heavy (non-hydrogen) atoms. The Morgan fingerprint density at radius 3 is 1.94 bits per heavy atom. The Bertz CT molecular complexity index is 506. The van der Waals surface area contributed by atoms with Crippen LogP contribution in [0.4, 0.5) is 0 Å². The maximum Gasteiger partial charge on any atom is 0.120 e. The van der Waals surface area contributed by atoms with E-state index in [-0.39, 0.29) is 6.10 Å². The first-order valence-electron chi connectivity index (χ1n) is 6.22. The second kappa shape index (κ2) is 4.73. The molecule has 0 atom stereocenters. The predicted molar refractivity (Wildman–Crippen MR) is 71.3 cm³/mol. The zero-order chi connectivity index (χ0) is 12.4. The van der Waals surface area contributed by atoms with Crippen molar-refractivity contribution in [3.8, 4) is 11.5 Å². The van der Waals surface area contributed by atoms with Gasteiger partial charge < -0.3 is 9.47 Å². The highest BCUT2D eigenvalue weighted by Crippen LogP contribution is 2.26. The number of benzene rings is 2. The van der Waals surface area contributed by atoms with E-state index in [0.29, 0.717) is 0 Å². The van der Waals surface area contributed by atoms with E-state index in [9.17, 15) is 0 Å². The van der Waals surface area contributed by atoms with Gasteiger partial charge in [-0.05, 0) is 35.4 Å². The fraction of sp³-hybridized carbons (Fsp3) is 0.250. The van der Waals surface area contributed by atoms with Crippen LogP contribution in [0.15, 0.2) is 48.5 Å². The number of rotatable bonds is 3. The Hall–Kier alpha value is -1.96. The summed E-state index contributed by atoms with van der Waals surface area (Å²) in [6, 6.07) is 16.3. The molecule has 0 bridgehead atoms. The molecule has 0 saturated heterocycles. The highest BCUT2D eigenvalue weighted by molar-refractivity contribution is 5.35. The molecule has 0 saturated carbocycles. The lowest BCUT2D eigenvalue weighted by atomic mass is 10.1. The quantitative estimate of drug-likeness (QED) is 0.820. The highest BCUT2D eigenvalue weighted by atomic mass is 16.5. The minimum absolute atomic E-state index is 0.260. The number of ether oxygens (including phenoxy) is 2. The van der Waals surface area contributed by atoms with E-state index >= 15 is 0 Å². The van der Waals surface area contributed by atoms with Crippen molar-refractivity contribution in [2.75, 3.05) is 7.11 Å². The average molecular weight is 240 g/mol. The summed E-state index contributed by atoms with van der Waals surface area (Å²) in [6.07, 6.45) is 2.26. The number of fused-ring (bicyclic) bond motifs is 1. The topological polar surface area (TPSA) is 18.5 Å². The summed E-state index contributed by atoms with van der Waals surface area (Å²) in [7, 11) is 1.67. The van der Waals surface area contributed by atoms with Crippen LogP contribution in [-0.2, 0) is 12.8 Å². The minimum Gasteiger partial charge on any atom is -0.497 e. The standard InChI is InChI=1S/C16H16O2/c1-17-14-6-8-15(9-7-14)18-16-10-12-4-2-3-5-13(12)11-16/h2-9,16H,10-11H2,1H3. The van der Waals surface area contributed by atoms with Crippen molar-refractivity contribution >= 4 is 0 Å². The molecule has 2 nitrogen and oxygen atoms in total. The van der Waals surface area contributed by atoms with Crippen LogP contribution in [0, 0.1) is 0 Å². The number of hydrogen-bond donors (Lipinski definition) is 0. The zero-order valence-electron chi connectivity index (χ0n) is 10.4. The largest absolute Gasteiger partial charge is 0.497 e. The molecule has 0 aromatic heterocycles. The Kier molecular flexibility index (Phi) is 2.93. The molecule has 1 aliphatic carbocycles. The molecular weight excluding hydrogens is 224 g/mol. The van der Waals surface area contributed by atoms with Crippen LogP contribution >= 0.6 is 0 Å². The Morgan fingerprint density at radius 1 is 0.833 bits per heavy atom. The van der Waals surface area contributed by atoms with Gasteiger partial charge in [-0.25, -0.2) is 0 Å². The monoisotopic (exact) mass is 240 g/mol. The maximum atomic E-state index is 6.00. The van der Waals surface area contributed by atoms with Crippen molar-refractivity contribution in [2.24, 2.45) is 0 Å². The third-order valence-electron chi connectivity index (χ3n) is 3.38. The van der Waals surface area contributed by atoms with Crippen molar-refractivity contribution in [3.63, 3.8) is 0 Å². The van der Waals surface area contributed by atoms with Crippen LogP contribution in [0.1, 0.15) is 11.1 Å². The van der Waals surface area contributed by atoms with Crippen molar-refractivity contribution in [1.82, 2.24) is 0 Å². The SMILES string of the molecule is COc1ccc(OC2Cc3ccccc3C2)cc1. The van der Waals surface area contributed by atoms with E-state index in [1.54, 1.807) is 7.11 Å². The zero-order valence-corrected chi connectivity index (χ0v) is 10.4. The van der Waals surface area contributed by atoms with E-state index in [1.807, 2.05) is 24.3 Å². The van der Waals surface area contributed by atoms with Crippen molar-refractivity contribution in [3.05, 3.63) is 59.7 Å². The summed E-state index contributed by atoms with van der Waals surface area (Å²) in [4.78, 5) is 0. The molecule has 0 N–H and O–H groups in total. The molecule has 0 aliphatic heterocycles. The smallest absolute Gasteiger partial charge is 0.120 e. The Labute approximate surface area is 107 Å². The van der Waals surface area contributed by atoms with Gasteiger partial charge in [-0.3, -0.25) is 0 Å². The fourth-order valence-corrected chi connectivity index (χ4v) is 2.45. The van der Waals surface area contributed by atoms with Crippen LogP contribution in [0.3, 0.4) is 0 Å².